The molecule has 27 heavy (non-hydrogen) atoms. The van der Waals surface area contributed by atoms with Crippen molar-refractivity contribution < 1.29 is 4.79 Å². The van der Waals surface area contributed by atoms with Crippen molar-refractivity contribution >= 4 is 27.8 Å². The number of rotatable bonds is 7. The van der Waals surface area contributed by atoms with Gasteiger partial charge in [-0.1, -0.05) is 24.3 Å². The Kier molecular flexibility index (Phi) is 4.87. The highest BCUT2D eigenvalue weighted by atomic mass is 16.1. The van der Waals surface area contributed by atoms with Crippen LogP contribution in [0.2, 0.25) is 0 Å². The Balaban J connectivity index is 1.24. The van der Waals surface area contributed by atoms with Crippen LogP contribution in [0.1, 0.15) is 18.4 Å². The summed E-state index contributed by atoms with van der Waals surface area (Å²) in [6.45, 7) is 4.14. The third kappa shape index (κ3) is 3.84. The van der Waals surface area contributed by atoms with Crippen molar-refractivity contribution in [2.75, 3.05) is 6.54 Å². The lowest BCUT2D eigenvalue weighted by Gasteiger charge is -2.08. The maximum atomic E-state index is 12.1. The molecule has 0 bridgehead atoms. The van der Waals surface area contributed by atoms with Gasteiger partial charge in [-0.2, -0.15) is 5.10 Å². The largest absolute Gasteiger partial charge is 0.356 e. The third-order valence-electron chi connectivity index (χ3n) is 4.78. The zero-order chi connectivity index (χ0) is 18.6. The van der Waals surface area contributed by atoms with Crippen LogP contribution >= 0.6 is 0 Å². The Labute approximate surface area is 157 Å². The van der Waals surface area contributed by atoms with Gasteiger partial charge in [0.1, 0.15) is 0 Å². The lowest BCUT2D eigenvalue weighted by atomic mass is 10.2. The van der Waals surface area contributed by atoms with Crippen LogP contribution in [-0.4, -0.2) is 31.8 Å². The molecule has 2 heterocycles. The number of amides is 1. The summed E-state index contributed by atoms with van der Waals surface area (Å²) in [5, 5.41) is 8.50. The molecule has 2 aromatic heterocycles. The van der Waals surface area contributed by atoms with Crippen LogP contribution in [0.3, 0.4) is 0 Å². The quantitative estimate of drug-likeness (QED) is 0.514. The minimum atomic E-state index is 0.0572. The van der Waals surface area contributed by atoms with E-state index in [4.69, 9.17) is 0 Å². The molecule has 4 aromatic rings. The number of benzene rings is 2. The molecule has 0 aliphatic rings. The van der Waals surface area contributed by atoms with Gasteiger partial charge in [0.15, 0.2) is 0 Å². The van der Waals surface area contributed by atoms with Crippen LogP contribution in [0.25, 0.3) is 21.9 Å². The first-order valence-electron chi connectivity index (χ1n) is 9.29. The molecule has 6 heteroatoms. The molecule has 6 nitrogen and oxygen atoms in total. The highest BCUT2D eigenvalue weighted by Gasteiger charge is 2.06. The van der Waals surface area contributed by atoms with Crippen molar-refractivity contribution in [3.05, 3.63) is 60.6 Å². The number of fused-ring (bicyclic) bond motifs is 2. The Morgan fingerprint density at radius 2 is 2.00 bits per heavy atom. The van der Waals surface area contributed by atoms with Gasteiger partial charge in [-0.25, -0.2) is 4.98 Å². The van der Waals surface area contributed by atoms with Crippen LogP contribution in [0.15, 0.2) is 55.0 Å². The van der Waals surface area contributed by atoms with Gasteiger partial charge < -0.3 is 9.88 Å². The first kappa shape index (κ1) is 17.3. The Bertz CT molecular complexity index is 1080. The monoisotopic (exact) mass is 361 g/mol. The number of hydrogen-bond donors (Lipinski definition) is 1. The molecule has 2 aromatic carbocycles. The maximum absolute atomic E-state index is 12.1. The second-order valence-electron chi connectivity index (χ2n) is 6.81. The van der Waals surface area contributed by atoms with E-state index in [1.807, 2.05) is 35.4 Å². The van der Waals surface area contributed by atoms with Crippen LogP contribution in [0.5, 0.6) is 0 Å². The second-order valence-corrected chi connectivity index (χ2v) is 6.81. The van der Waals surface area contributed by atoms with Gasteiger partial charge >= 0.3 is 0 Å². The fourth-order valence-electron chi connectivity index (χ4n) is 3.32. The van der Waals surface area contributed by atoms with Crippen molar-refractivity contribution in [2.24, 2.45) is 0 Å². The second kappa shape index (κ2) is 7.61. The van der Waals surface area contributed by atoms with E-state index in [1.54, 1.807) is 0 Å². The summed E-state index contributed by atoms with van der Waals surface area (Å²) in [6.07, 6.45) is 5.01. The summed E-state index contributed by atoms with van der Waals surface area (Å²) in [5.41, 5.74) is 4.41. The van der Waals surface area contributed by atoms with Crippen LogP contribution in [0, 0.1) is 6.92 Å². The number of aromatic nitrogens is 4. The number of aryl methyl sites for hydroxylation is 3. The van der Waals surface area contributed by atoms with Gasteiger partial charge in [-0.15, -0.1) is 0 Å². The Morgan fingerprint density at radius 3 is 2.93 bits per heavy atom. The first-order chi connectivity index (χ1) is 13.2. The molecule has 138 valence electrons. The van der Waals surface area contributed by atoms with Crippen molar-refractivity contribution in [3.63, 3.8) is 0 Å². The zero-order valence-corrected chi connectivity index (χ0v) is 15.4. The summed E-state index contributed by atoms with van der Waals surface area (Å²) >= 11 is 0. The molecule has 0 aliphatic heterocycles. The molecule has 0 aliphatic carbocycles. The van der Waals surface area contributed by atoms with Crippen molar-refractivity contribution in [1.29, 1.82) is 0 Å². The third-order valence-corrected chi connectivity index (χ3v) is 4.78. The molecule has 4 rings (SSSR count). The number of carbonyl (C=O) groups excluding carboxylic acids is 1. The minimum Gasteiger partial charge on any atom is -0.356 e. The molecule has 0 spiro atoms. The van der Waals surface area contributed by atoms with Gasteiger partial charge in [0.2, 0.25) is 5.91 Å². The smallest absolute Gasteiger partial charge is 0.221 e. The van der Waals surface area contributed by atoms with E-state index in [9.17, 15) is 4.79 Å². The van der Waals surface area contributed by atoms with E-state index in [-0.39, 0.29) is 5.91 Å². The minimum absolute atomic E-state index is 0.0572. The Hall–Kier alpha value is -3.15. The number of para-hydroxylation sites is 2. The van der Waals surface area contributed by atoms with Gasteiger partial charge in [-0.05, 0) is 37.1 Å². The number of imidazole rings is 1. The molecule has 1 N–H and O–H groups in total. The fraction of sp³-hybridized carbons (Fsp3) is 0.286. The summed E-state index contributed by atoms with van der Waals surface area (Å²) in [7, 11) is 0. The summed E-state index contributed by atoms with van der Waals surface area (Å²) in [6, 6.07) is 14.3. The molecule has 1 amide bonds. The fourth-order valence-corrected chi connectivity index (χ4v) is 3.32. The number of carbonyl (C=O) groups is 1. The maximum Gasteiger partial charge on any atom is 0.221 e. The average molecular weight is 361 g/mol. The van der Waals surface area contributed by atoms with Crippen LogP contribution in [-0.2, 0) is 17.9 Å². The van der Waals surface area contributed by atoms with E-state index in [1.165, 1.54) is 5.56 Å². The topological polar surface area (TPSA) is 64.7 Å². The van der Waals surface area contributed by atoms with Gasteiger partial charge in [0, 0.05) is 24.9 Å². The standard InChI is InChI=1S/C21H23N5O/c1-16-7-8-17-14-24-26(20(17)13-16)12-9-21(27)22-10-4-11-25-15-23-18-5-2-3-6-19(18)25/h2-3,5-8,13-15H,4,9-12H2,1H3,(H,22,27). The van der Waals surface area contributed by atoms with E-state index >= 15 is 0 Å². The lowest BCUT2D eigenvalue weighted by molar-refractivity contribution is -0.121. The summed E-state index contributed by atoms with van der Waals surface area (Å²) < 4.78 is 4.03. The number of nitrogens with zero attached hydrogens (tertiary/aromatic N) is 4. The predicted octanol–water partition coefficient (Wildman–Crippen LogP) is 3.29. The average Bonchev–Trinajstić information content (AvgIpc) is 3.27. The van der Waals surface area contributed by atoms with E-state index in [0.717, 1.165) is 34.9 Å². The van der Waals surface area contributed by atoms with Gasteiger partial charge in [0.05, 0.1) is 35.6 Å². The van der Waals surface area contributed by atoms with Crippen molar-refractivity contribution in [2.45, 2.75) is 32.9 Å². The Morgan fingerprint density at radius 1 is 1.11 bits per heavy atom. The van der Waals surface area contributed by atoms with Gasteiger partial charge in [-0.3, -0.25) is 9.48 Å². The lowest BCUT2D eigenvalue weighted by Crippen LogP contribution is -2.26. The van der Waals surface area contributed by atoms with E-state index < -0.39 is 0 Å². The molecule has 0 radical (unpaired) electrons. The van der Waals surface area contributed by atoms with Crippen LogP contribution in [0.4, 0.5) is 0 Å². The highest BCUT2D eigenvalue weighted by Crippen LogP contribution is 2.15. The molecular weight excluding hydrogens is 338 g/mol. The molecule has 0 saturated heterocycles. The van der Waals surface area contributed by atoms with Crippen molar-refractivity contribution in [3.8, 4) is 0 Å². The summed E-state index contributed by atoms with van der Waals surface area (Å²) in [4.78, 5) is 16.5. The molecular formula is C21H23N5O. The zero-order valence-electron chi connectivity index (χ0n) is 15.4. The number of hydrogen-bond acceptors (Lipinski definition) is 3. The highest BCUT2D eigenvalue weighted by molar-refractivity contribution is 5.80. The number of nitrogens with one attached hydrogen (secondary N) is 1. The normalized spacial score (nSPS) is 11.3. The first-order valence-corrected chi connectivity index (χ1v) is 9.29. The van der Waals surface area contributed by atoms with Crippen molar-refractivity contribution in [1.82, 2.24) is 24.6 Å². The van der Waals surface area contributed by atoms with E-state index in [0.29, 0.717) is 19.5 Å². The van der Waals surface area contributed by atoms with E-state index in [2.05, 4.69) is 51.2 Å². The molecule has 0 atom stereocenters. The molecule has 0 fully saturated rings. The van der Waals surface area contributed by atoms with Crippen LogP contribution < -0.4 is 5.32 Å². The molecule has 0 unspecified atom stereocenters. The molecule has 0 saturated carbocycles. The predicted molar refractivity (Wildman–Crippen MR) is 106 cm³/mol. The van der Waals surface area contributed by atoms with Gasteiger partial charge in [0.25, 0.3) is 0 Å². The SMILES string of the molecule is Cc1ccc2cnn(CCC(=O)NCCCn3cnc4ccccc43)c2c1. The summed E-state index contributed by atoms with van der Waals surface area (Å²) in [5.74, 6) is 0.0572.